The van der Waals surface area contributed by atoms with E-state index < -0.39 is 17.5 Å². The van der Waals surface area contributed by atoms with Crippen LogP contribution in [0.1, 0.15) is 5.56 Å². The molecule has 0 aliphatic carbocycles. The second-order valence-corrected chi connectivity index (χ2v) is 5.96. The largest absolute Gasteiger partial charge is 0.468 e. The van der Waals surface area contributed by atoms with Gasteiger partial charge in [0.15, 0.2) is 5.82 Å². The molecule has 0 bridgehead atoms. The van der Waals surface area contributed by atoms with Gasteiger partial charge in [-0.2, -0.15) is 0 Å². The molecule has 0 radical (unpaired) electrons. The maximum atomic E-state index is 14.0. The quantitative estimate of drug-likeness (QED) is 0.643. The van der Waals surface area contributed by atoms with Gasteiger partial charge < -0.3 is 4.74 Å². The van der Waals surface area contributed by atoms with Crippen LogP contribution in [0, 0.1) is 5.82 Å². The van der Waals surface area contributed by atoms with Crippen molar-refractivity contribution < 1.29 is 13.9 Å². The highest BCUT2D eigenvalue weighted by molar-refractivity contribution is 6.30. The Morgan fingerprint density at radius 1 is 1.19 bits per heavy atom. The van der Waals surface area contributed by atoms with E-state index in [1.807, 2.05) is 0 Å². The lowest BCUT2D eigenvalue weighted by Crippen LogP contribution is -2.28. The van der Waals surface area contributed by atoms with Crippen LogP contribution in [-0.4, -0.2) is 27.4 Å². The van der Waals surface area contributed by atoms with Crippen LogP contribution in [0.15, 0.2) is 53.3 Å². The summed E-state index contributed by atoms with van der Waals surface area (Å²) in [4.78, 5) is 24.2. The van der Waals surface area contributed by atoms with Gasteiger partial charge in [-0.1, -0.05) is 29.8 Å². The Morgan fingerprint density at radius 3 is 2.54 bits per heavy atom. The van der Waals surface area contributed by atoms with Gasteiger partial charge in [0.2, 0.25) is 0 Å². The van der Waals surface area contributed by atoms with Gasteiger partial charge in [0.25, 0.3) is 0 Å². The van der Waals surface area contributed by atoms with Crippen molar-refractivity contribution in [3.8, 4) is 11.4 Å². The van der Waals surface area contributed by atoms with Crippen LogP contribution in [0.25, 0.3) is 11.4 Å². The molecule has 0 saturated carbocycles. The Hall–Kier alpha value is -2.93. The topological polar surface area (TPSA) is 66.1 Å². The predicted octanol–water partition coefficient (Wildman–Crippen LogP) is 2.73. The number of methoxy groups -OCH3 is 1. The first kappa shape index (κ1) is 17.9. The monoisotopic (exact) mass is 375 g/mol. The zero-order valence-corrected chi connectivity index (χ0v) is 14.6. The van der Waals surface area contributed by atoms with Gasteiger partial charge in [-0.05, 0) is 30.3 Å². The average Bonchev–Trinajstić information content (AvgIpc) is 2.93. The van der Waals surface area contributed by atoms with Crippen molar-refractivity contribution in [3.63, 3.8) is 0 Å². The number of carbonyl (C=O) groups is 1. The van der Waals surface area contributed by atoms with E-state index >= 15 is 0 Å². The first-order valence-corrected chi connectivity index (χ1v) is 8.11. The number of hydrogen-bond acceptors (Lipinski definition) is 4. The van der Waals surface area contributed by atoms with Crippen molar-refractivity contribution >= 4 is 17.6 Å². The third-order valence-corrected chi connectivity index (χ3v) is 4.07. The molecular formula is C18H15ClFN3O3. The molecule has 0 atom stereocenters. The molecule has 3 aromatic rings. The average molecular weight is 376 g/mol. The van der Waals surface area contributed by atoms with Crippen molar-refractivity contribution in [2.45, 2.75) is 13.1 Å². The molecule has 0 spiro atoms. The summed E-state index contributed by atoms with van der Waals surface area (Å²) < 4.78 is 20.9. The van der Waals surface area contributed by atoms with Crippen LogP contribution in [-0.2, 0) is 22.6 Å². The van der Waals surface area contributed by atoms with Gasteiger partial charge in [-0.15, -0.1) is 5.10 Å². The number of halogens is 2. The van der Waals surface area contributed by atoms with Crippen LogP contribution >= 0.6 is 11.6 Å². The second-order valence-electron chi connectivity index (χ2n) is 5.52. The third-order valence-electron chi connectivity index (χ3n) is 3.82. The van der Waals surface area contributed by atoms with Crippen LogP contribution in [0.5, 0.6) is 0 Å². The highest BCUT2D eigenvalue weighted by atomic mass is 35.5. The number of esters is 1. The van der Waals surface area contributed by atoms with E-state index in [0.29, 0.717) is 22.0 Å². The van der Waals surface area contributed by atoms with E-state index in [9.17, 15) is 14.0 Å². The maximum absolute atomic E-state index is 14.0. The van der Waals surface area contributed by atoms with E-state index in [2.05, 4.69) is 9.84 Å². The van der Waals surface area contributed by atoms with Crippen molar-refractivity contribution in [1.29, 1.82) is 0 Å². The molecule has 0 amide bonds. The minimum atomic E-state index is -0.606. The number of carbonyl (C=O) groups excluding carboxylic acids is 1. The molecule has 0 aliphatic rings. The van der Waals surface area contributed by atoms with E-state index in [4.69, 9.17) is 11.6 Å². The van der Waals surface area contributed by atoms with Crippen molar-refractivity contribution in [1.82, 2.24) is 14.3 Å². The first-order valence-electron chi connectivity index (χ1n) is 7.73. The van der Waals surface area contributed by atoms with Gasteiger partial charge in [-0.25, -0.2) is 13.9 Å². The molecule has 6 nitrogen and oxygen atoms in total. The Bertz CT molecular complexity index is 996. The third kappa shape index (κ3) is 3.67. The number of benzene rings is 2. The fraction of sp³-hybridized carbons (Fsp3) is 0.167. The smallest absolute Gasteiger partial charge is 0.347 e. The molecule has 3 rings (SSSR count). The van der Waals surface area contributed by atoms with Gasteiger partial charge >= 0.3 is 11.7 Å². The summed E-state index contributed by atoms with van der Waals surface area (Å²) in [5.74, 6) is -0.730. The highest BCUT2D eigenvalue weighted by Gasteiger charge is 2.18. The zero-order chi connectivity index (χ0) is 18.7. The van der Waals surface area contributed by atoms with E-state index in [1.54, 1.807) is 42.5 Å². The summed E-state index contributed by atoms with van der Waals surface area (Å²) in [6.45, 7) is -0.356. The van der Waals surface area contributed by atoms with E-state index in [1.165, 1.54) is 17.7 Å². The Balaban J connectivity index is 2.10. The molecule has 0 aliphatic heterocycles. The van der Waals surface area contributed by atoms with Crippen LogP contribution in [0.3, 0.4) is 0 Å². The van der Waals surface area contributed by atoms with Gasteiger partial charge in [0.05, 0.1) is 13.7 Å². The number of nitrogens with zero attached hydrogens (tertiary/aromatic N) is 3. The molecular weight excluding hydrogens is 361 g/mol. The molecule has 0 unspecified atom stereocenters. The van der Waals surface area contributed by atoms with Crippen molar-refractivity contribution in [2.24, 2.45) is 0 Å². The van der Waals surface area contributed by atoms with Crippen molar-refractivity contribution in [2.75, 3.05) is 7.11 Å². The molecule has 26 heavy (non-hydrogen) atoms. The van der Waals surface area contributed by atoms with Crippen LogP contribution in [0.4, 0.5) is 4.39 Å². The van der Waals surface area contributed by atoms with Gasteiger partial charge in [0, 0.05) is 16.1 Å². The number of ether oxygens (including phenoxy) is 1. The fourth-order valence-electron chi connectivity index (χ4n) is 2.48. The van der Waals surface area contributed by atoms with Gasteiger partial charge in [-0.3, -0.25) is 9.36 Å². The highest BCUT2D eigenvalue weighted by Crippen LogP contribution is 2.20. The Labute approximate surface area is 153 Å². The molecule has 2 aromatic carbocycles. The summed E-state index contributed by atoms with van der Waals surface area (Å²) in [6.07, 6.45) is 0. The molecule has 8 heteroatoms. The predicted molar refractivity (Wildman–Crippen MR) is 94.5 cm³/mol. The lowest BCUT2D eigenvalue weighted by molar-refractivity contribution is -0.141. The molecule has 134 valence electrons. The minimum Gasteiger partial charge on any atom is -0.468 e. The lowest BCUT2D eigenvalue weighted by Gasteiger charge is -2.07. The van der Waals surface area contributed by atoms with Gasteiger partial charge in [0.1, 0.15) is 12.4 Å². The van der Waals surface area contributed by atoms with Crippen LogP contribution in [0.2, 0.25) is 5.02 Å². The molecule has 0 fully saturated rings. The molecule has 0 saturated heterocycles. The standard InChI is InChI=1S/C18H15ClFN3O3/c1-26-16(24)11-23-18(25)22(10-13-4-2-3-5-15(13)20)17(21-23)12-6-8-14(19)9-7-12/h2-9H,10-11H2,1H3. The van der Waals surface area contributed by atoms with Crippen molar-refractivity contribution in [3.05, 3.63) is 75.4 Å². The molecule has 0 N–H and O–H groups in total. The van der Waals surface area contributed by atoms with E-state index in [0.717, 1.165) is 4.68 Å². The SMILES string of the molecule is COC(=O)Cn1nc(-c2ccc(Cl)cc2)n(Cc2ccccc2F)c1=O. The summed E-state index contributed by atoms with van der Waals surface area (Å²) in [7, 11) is 1.23. The molecule has 1 aromatic heterocycles. The summed E-state index contributed by atoms with van der Waals surface area (Å²) >= 11 is 5.91. The Morgan fingerprint density at radius 2 is 1.88 bits per heavy atom. The fourth-order valence-corrected chi connectivity index (χ4v) is 2.61. The first-order chi connectivity index (χ1) is 12.5. The van der Waals surface area contributed by atoms with Crippen LogP contribution < -0.4 is 5.69 Å². The zero-order valence-electron chi connectivity index (χ0n) is 13.9. The summed E-state index contributed by atoms with van der Waals surface area (Å²) in [6, 6.07) is 12.9. The van der Waals surface area contributed by atoms with E-state index in [-0.39, 0.29) is 13.1 Å². The number of rotatable bonds is 5. The minimum absolute atomic E-state index is 0.0232. The summed E-state index contributed by atoms with van der Waals surface area (Å²) in [5.41, 5.74) is 0.414. The normalized spacial score (nSPS) is 10.7. The molecule has 1 heterocycles. The summed E-state index contributed by atoms with van der Waals surface area (Å²) in [5, 5.41) is 4.76. The Kier molecular flexibility index (Phi) is 5.18. The maximum Gasteiger partial charge on any atom is 0.347 e. The number of aromatic nitrogens is 3. The lowest BCUT2D eigenvalue weighted by atomic mass is 10.2. The second kappa shape index (κ2) is 7.53. The number of hydrogen-bond donors (Lipinski definition) is 0.